The molecule has 3 rings (SSSR count). The lowest BCUT2D eigenvalue weighted by atomic mass is 10.3. The standard InChI is InChI=1S/C17H21N5O3/c23-22(24)15-6-7-16(19-14-4-2-1-3-5-14)20-17(15)18-8-9-21-10-12-25-13-11-21/h1-7H,8-13H2,(H2,18,19,20). The van der Waals surface area contributed by atoms with Crippen LogP contribution >= 0.6 is 0 Å². The molecule has 2 aromatic rings. The van der Waals surface area contributed by atoms with Gasteiger partial charge >= 0.3 is 5.69 Å². The summed E-state index contributed by atoms with van der Waals surface area (Å²) in [4.78, 5) is 17.4. The molecule has 0 atom stereocenters. The Morgan fingerprint density at radius 1 is 1.16 bits per heavy atom. The summed E-state index contributed by atoms with van der Waals surface area (Å²) in [7, 11) is 0. The van der Waals surface area contributed by atoms with E-state index in [2.05, 4.69) is 20.5 Å². The Balaban J connectivity index is 1.66. The van der Waals surface area contributed by atoms with Gasteiger partial charge in [0.05, 0.1) is 18.1 Å². The zero-order chi connectivity index (χ0) is 17.5. The average molecular weight is 343 g/mol. The van der Waals surface area contributed by atoms with Crippen molar-refractivity contribution in [1.29, 1.82) is 0 Å². The second-order valence-electron chi connectivity index (χ2n) is 5.69. The van der Waals surface area contributed by atoms with Crippen LogP contribution in [0.15, 0.2) is 42.5 Å². The maximum absolute atomic E-state index is 11.2. The van der Waals surface area contributed by atoms with Crippen LogP contribution in [0.3, 0.4) is 0 Å². The fraction of sp³-hybridized carbons (Fsp3) is 0.353. The molecule has 8 nitrogen and oxygen atoms in total. The van der Waals surface area contributed by atoms with Crippen molar-refractivity contribution in [3.63, 3.8) is 0 Å². The number of anilines is 3. The molecular weight excluding hydrogens is 322 g/mol. The summed E-state index contributed by atoms with van der Waals surface area (Å²) in [5.41, 5.74) is 0.851. The minimum absolute atomic E-state index is 0.0272. The smallest absolute Gasteiger partial charge is 0.311 e. The van der Waals surface area contributed by atoms with Gasteiger partial charge in [-0.15, -0.1) is 0 Å². The Bertz CT molecular complexity index is 705. The molecule has 1 aliphatic heterocycles. The topological polar surface area (TPSA) is 92.6 Å². The van der Waals surface area contributed by atoms with Crippen LogP contribution in [0, 0.1) is 10.1 Å². The van der Waals surface area contributed by atoms with E-state index < -0.39 is 4.92 Å². The highest BCUT2D eigenvalue weighted by Gasteiger charge is 2.17. The van der Waals surface area contributed by atoms with Gasteiger partial charge in [-0.1, -0.05) is 18.2 Å². The molecule has 0 aliphatic carbocycles. The highest BCUT2D eigenvalue weighted by atomic mass is 16.6. The quantitative estimate of drug-likeness (QED) is 0.589. The van der Waals surface area contributed by atoms with Crippen molar-refractivity contribution in [2.45, 2.75) is 0 Å². The number of hydrogen-bond acceptors (Lipinski definition) is 7. The molecule has 132 valence electrons. The first-order valence-corrected chi connectivity index (χ1v) is 8.24. The molecule has 0 unspecified atom stereocenters. The summed E-state index contributed by atoms with van der Waals surface area (Å²) in [5, 5.41) is 17.5. The fourth-order valence-electron chi connectivity index (χ4n) is 2.63. The van der Waals surface area contributed by atoms with E-state index in [4.69, 9.17) is 4.74 Å². The number of para-hydroxylation sites is 1. The SMILES string of the molecule is O=[N+]([O-])c1ccc(Nc2ccccc2)nc1NCCN1CCOCC1. The number of aromatic nitrogens is 1. The number of nitro groups is 1. The molecule has 1 aromatic heterocycles. The minimum atomic E-state index is -0.420. The number of nitrogens with zero attached hydrogens (tertiary/aromatic N) is 3. The van der Waals surface area contributed by atoms with Crippen molar-refractivity contribution in [2.75, 3.05) is 50.0 Å². The highest BCUT2D eigenvalue weighted by molar-refractivity contribution is 5.64. The number of nitrogens with one attached hydrogen (secondary N) is 2. The van der Waals surface area contributed by atoms with Gasteiger partial charge in [-0.25, -0.2) is 4.98 Å². The van der Waals surface area contributed by atoms with Gasteiger partial charge in [-0.05, 0) is 18.2 Å². The molecule has 1 fully saturated rings. The van der Waals surface area contributed by atoms with Gasteiger partial charge in [0.1, 0.15) is 5.82 Å². The van der Waals surface area contributed by atoms with Crippen molar-refractivity contribution in [3.8, 4) is 0 Å². The summed E-state index contributed by atoms with van der Waals surface area (Å²) in [6, 6.07) is 12.6. The first-order chi connectivity index (χ1) is 12.2. The first kappa shape index (κ1) is 17.1. The minimum Gasteiger partial charge on any atom is -0.379 e. The van der Waals surface area contributed by atoms with E-state index in [0.717, 1.165) is 38.5 Å². The van der Waals surface area contributed by atoms with Crippen LogP contribution in [-0.4, -0.2) is 54.2 Å². The molecule has 0 spiro atoms. The summed E-state index contributed by atoms with van der Waals surface area (Å²) in [5.74, 6) is 0.838. The third-order valence-electron chi connectivity index (χ3n) is 3.94. The lowest BCUT2D eigenvalue weighted by Gasteiger charge is -2.26. The zero-order valence-electron chi connectivity index (χ0n) is 13.9. The first-order valence-electron chi connectivity index (χ1n) is 8.24. The van der Waals surface area contributed by atoms with E-state index in [1.807, 2.05) is 30.3 Å². The fourth-order valence-corrected chi connectivity index (χ4v) is 2.63. The third-order valence-corrected chi connectivity index (χ3v) is 3.94. The molecular formula is C17H21N5O3. The molecule has 1 saturated heterocycles. The van der Waals surface area contributed by atoms with Crippen molar-refractivity contribution in [2.24, 2.45) is 0 Å². The lowest BCUT2D eigenvalue weighted by Crippen LogP contribution is -2.39. The maximum Gasteiger partial charge on any atom is 0.311 e. The summed E-state index contributed by atoms with van der Waals surface area (Å²) >= 11 is 0. The molecule has 2 N–H and O–H groups in total. The van der Waals surface area contributed by atoms with Crippen LogP contribution in [-0.2, 0) is 4.74 Å². The van der Waals surface area contributed by atoms with Crippen molar-refractivity contribution < 1.29 is 9.66 Å². The predicted octanol–water partition coefficient (Wildman–Crippen LogP) is 2.48. The molecule has 0 bridgehead atoms. The van der Waals surface area contributed by atoms with E-state index >= 15 is 0 Å². The van der Waals surface area contributed by atoms with Crippen molar-refractivity contribution in [3.05, 3.63) is 52.6 Å². The van der Waals surface area contributed by atoms with Crippen LogP contribution in [0.25, 0.3) is 0 Å². The van der Waals surface area contributed by atoms with Crippen LogP contribution < -0.4 is 10.6 Å². The number of ether oxygens (including phenoxy) is 1. The molecule has 2 heterocycles. The van der Waals surface area contributed by atoms with Crippen LogP contribution in [0.4, 0.5) is 23.0 Å². The van der Waals surface area contributed by atoms with Gasteiger partial charge in [-0.2, -0.15) is 0 Å². The number of rotatable bonds is 7. The van der Waals surface area contributed by atoms with E-state index in [1.165, 1.54) is 6.07 Å². The van der Waals surface area contributed by atoms with E-state index in [1.54, 1.807) is 6.07 Å². The number of hydrogen-bond donors (Lipinski definition) is 2. The van der Waals surface area contributed by atoms with Gasteiger partial charge in [0, 0.05) is 37.9 Å². The largest absolute Gasteiger partial charge is 0.379 e. The van der Waals surface area contributed by atoms with E-state index in [0.29, 0.717) is 12.4 Å². The van der Waals surface area contributed by atoms with Crippen molar-refractivity contribution >= 4 is 23.0 Å². The Hall–Kier alpha value is -2.71. The summed E-state index contributed by atoms with van der Waals surface area (Å²) in [6.45, 7) is 4.60. The van der Waals surface area contributed by atoms with E-state index in [9.17, 15) is 10.1 Å². The Morgan fingerprint density at radius 2 is 1.92 bits per heavy atom. The second kappa shape index (κ2) is 8.41. The van der Waals surface area contributed by atoms with Crippen LogP contribution in [0.1, 0.15) is 0 Å². The zero-order valence-corrected chi connectivity index (χ0v) is 13.9. The van der Waals surface area contributed by atoms with Gasteiger partial charge in [-0.3, -0.25) is 15.0 Å². The maximum atomic E-state index is 11.2. The van der Waals surface area contributed by atoms with Gasteiger partial charge < -0.3 is 15.4 Å². The van der Waals surface area contributed by atoms with Gasteiger partial charge in [0.15, 0.2) is 0 Å². The Labute approximate surface area is 146 Å². The Kier molecular flexibility index (Phi) is 5.76. The third kappa shape index (κ3) is 4.88. The van der Waals surface area contributed by atoms with Crippen LogP contribution in [0.2, 0.25) is 0 Å². The van der Waals surface area contributed by atoms with Gasteiger partial charge in [0.25, 0.3) is 0 Å². The average Bonchev–Trinajstić information content (AvgIpc) is 2.63. The Morgan fingerprint density at radius 3 is 2.64 bits per heavy atom. The second-order valence-corrected chi connectivity index (χ2v) is 5.69. The van der Waals surface area contributed by atoms with Gasteiger partial charge in [0.2, 0.25) is 5.82 Å². The molecule has 0 amide bonds. The predicted molar refractivity (Wildman–Crippen MR) is 96.4 cm³/mol. The molecule has 8 heteroatoms. The highest BCUT2D eigenvalue weighted by Crippen LogP contribution is 2.25. The summed E-state index contributed by atoms with van der Waals surface area (Å²) < 4.78 is 5.32. The van der Waals surface area contributed by atoms with E-state index in [-0.39, 0.29) is 11.5 Å². The molecule has 0 radical (unpaired) electrons. The molecule has 1 aliphatic rings. The normalized spacial score (nSPS) is 14.9. The van der Waals surface area contributed by atoms with Crippen molar-refractivity contribution in [1.82, 2.24) is 9.88 Å². The number of pyridine rings is 1. The molecule has 25 heavy (non-hydrogen) atoms. The molecule has 0 saturated carbocycles. The monoisotopic (exact) mass is 343 g/mol. The number of benzene rings is 1. The summed E-state index contributed by atoms with van der Waals surface area (Å²) in [6.07, 6.45) is 0. The lowest BCUT2D eigenvalue weighted by molar-refractivity contribution is -0.384. The van der Waals surface area contributed by atoms with Crippen LogP contribution in [0.5, 0.6) is 0 Å². The number of morpholine rings is 1. The molecule has 1 aromatic carbocycles.